The summed E-state index contributed by atoms with van der Waals surface area (Å²) in [6.45, 7) is 0. The molecule has 3 rings (SSSR count). The van der Waals surface area contributed by atoms with Crippen LogP contribution in [0, 0.1) is 5.41 Å². The summed E-state index contributed by atoms with van der Waals surface area (Å²) in [5.74, 6) is -0.711. The molecule has 0 aromatic rings. The lowest BCUT2D eigenvalue weighted by atomic mass is 9.42. The van der Waals surface area contributed by atoms with Gasteiger partial charge in [0.05, 0.1) is 0 Å². The highest BCUT2D eigenvalue weighted by atomic mass is 19.1. The number of rotatable bonds is 7. The van der Waals surface area contributed by atoms with Crippen molar-refractivity contribution in [1.29, 1.82) is 0 Å². The van der Waals surface area contributed by atoms with Gasteiger partial charge in [-0.2, -0.15) is 0 Å². The van der Waals surface area contributed by atoms with Crippen LogP contribution in [0.4, 0.5) is 4.39 Å². The van der Waals surface area contributed by atoms with Crippen LogP contribution in [0.15, 0.2) is 12.2 Å². The third kappa shape index (κ3) is 2.45. The number of carboxylic acid groups (broad SMARTS) is 1. The Hall–Kier alpha value is -0.860. The van der Waals surface area contributed by atoms with E-state index in [1.807, 2.05) is 0 Å². The van der Waals surface area contributed by atoms with Crippen LogP contribution in [-0.4, -0.2) is 16.7 Å². The average molecular weight is 226 g/mol. The summed E-state index contributed by atoms with van der Waals surface area (Å²) in [5, 5.41) is 8.44. The van der Waals surface area contributed by atoms with Gasteiger partial charge in [0.2, 0.25) is 0 Å². The summed E-state index contributed by atoms with van der Waals surface area (Å²) in [6.07, 6.45) is 10.6. The predicted molar refractivity (Wildman–Crippen MR) is 60.0 cm³/mol. The van der Waals surface area contributed by atoms with Gasteiger partial charge in [0.15, 0.2) is 0 Å². The molecule has 2 nitrogen and oxygen atoms in total. The van der Waals surface area contributed by atoms with E-state index in [4.69, 9.17) is 5.11 Å². The molecule has 0 spiro atoms. The summed E-state index contributed by atoms with van der Waals surface area (Å²) in [7, 11) is 0. The highest BCUT2D eigenvalue weighted by molar-refractivity contribution is 5.66. The number of carbonyl (C=O) groups is 1. The fourth-order valence-electron chi connectivity index (χ4n) is 2.96. The van der Waals surface area contributed by atoms with Gasteiger partial charge >= 0.3 is 5.97 Å². The van der Waals surface area contributed by atoms with Crippen molar-refractivity contribution in [2.24, 2.45) is 5.41 Å². The molecule has 3 aliphatic carbocycles. The lowest BCUT2D eigenvalue weighted by Gasteiger charge is -2.64. The van der Waals surface area contributed by atoms with E-state index in [0.29, 0.717) is 0 Å². The molecule has 2 bridgehead atoms. The van der Waals surface area contributed by atoms with Crippen molar-refractivity contribution in [3.05, 3.63) is 12.2 Å². The Bertz CT molecular complexity index is 289. The molecule has 0 amide bonds. The van der Waals surface area contributed by atoms with E-state index in [1.165, 1.54) is 0 Å². The predicted octanol–water partition coefficient (Wildman–Crippen LogP) is 3.47. The number of halogens is 1. The molecule has 0 atom stereocenters. The van der Waals surface area contributed by atoms with Crippen LogP contribution < -0.4 is 0 Å². The fraction of sp³-hybridized carbons (Fsp3) is 0.769. The summed E-state index contributed by atoms with van der Waals surface area (Å²) in [5.41, 5.74) is -0.582. The van der Waals surface area contributed by atoms with E-state index in [0.717, 1.165) is 44.9 Å². The van der Waals surface area contributed by atoms with Crippen LogP contribution in [-0.2, 0) is 4.79 Å². The van der Waals surface area contributed by atoms with Crippen molar-refractivity contribution in [2.45, 2.75) is 57.0 Å². The van der Waals surface area contributed by atoms with E-state index in [1.54, 1.807) is 0 Å². The van der Waals surface area contributed by atoms with Crippen molar-refractivity contribution in [1.82, 2.24) is 0 Å². The molecular formula is C13H19FO2. The summed E-state index contributed by atoms with van der Waals surface area (Å²) >= 11 is 0. The van der Waals surface area contributed by atoms with E-state index < -0.39 is 11.6 Å². The van der Waals surface area contributed by atoms with Gasteiger partial charge in [-0.05, 0) is 43.9 Å². The van der Waals surface area contributed by atoms with Crippen LogP contribution in [0.5, 0.6) is 0 Å². The molecule has 0 radical (unpaired) electrons. The number of aliphatic carboxylic acids is 1. The molecule has 0 aliphatic heterocycles. The van der Waals surface area contributed by atoms with Crippen LogP contribution in [0.25, 0.3) is 0 Å². The molecule has 0 saturated heterocycles. The Morgan fingerprint density at radius 1 is 1.25 bits per heavy atom. The Balaban J connectivity index is 1.49. The standard InChI is InChI=1S/C13H19FO2/c14-13-8-12(9-13,10-13)7-5-3-1-2-4-6-11(15)16/h5,7H,1-4,6,8-10H2,(H,15,16). The van der Waals surface area contributed by atoms with Crippen LogP contribution in [0.2, 0.25) is 0 Å². The lowest BCUT2D eigenvalue weighted by Crippen LogP contribution is -2.63. The third-order valence-corrected chi connectivity index (χ3v) is 3.74. The van der Waals surface area contributed by atoms with Gasteiger partial charge in [0, 0.05) is 6.42 Å². The molecular weight excluding hydrogens is 207 g/mol. The zero-order valence-electron chi connectivity index (χ0n) is 9.54. The van der Waals surface area contributed by atoms with Gasteiger partial charge in [0.25, 0.3) is 0 Å². The quantitative estimate of drug-likeness (QED) is 0.533. The van der Waals surface area contributed by atoms with Gasteiger partial charge in [-0.15, -0.1) is 0 Å². The van der Waals surface area contributed by atoms with Crippen molar-refractivity contribution in [3.63, 3.8) is 0 Å². The molecule has 0 aromatic heterocycles. The number of unbranched alkanes of at least 4 members (excludes halogenated alkanes) is 3. The second-order valence-electron chi connectivity index (χ2n) is 5.44. The second kappa shape index (κ2) is 4.19. The zero-order chi connectivity index (χ0) is 11.6. The maximum atomic E-state index is 13.2. The number of alkyl halides is 1. The molecule has 1 N–H and O–H groups in total. The summed E-state index contributed by atoms with van der Waals surface area (Å²) in [4.78, 5) is 10.3. The Labute approximate surface area is 95.5 Å². The fourth-order valence-corrected chi connectivity index (χ4v) is 2.96. The van der Waals surface area contributed by atoms with Gasteiger partial charge < -0.3 is 5.11 Å². The topological polar surface area (TPSA) is 37.3 Å². The van der Waals surface area contributed by atoms with Gasteiger partial charge in [-0.1, -0.05) is 18.6 Å². The average Bonchev–Trinajstić information content (AvgIpc) is 2.11. The van der Waals surface area contributed by atoms with Crippen LogP contribution in [0.3, 0.4) is 0 Å². The van der Waals surface area contributed by atoms with E-state index in [2.05, 4.69) is 12.2 Å². The molecule has 0 heterocycles. The largest absolute Gasteiger partial charge is 0.481 e. The second-order valence-corrected chi connectivity index (χ2v) is 5.44. The molecule has 0 aromatic carbocycles. The van der Waals surface area contributed by atoms with E-state index in [-0.39, 0.29) is 11.8 Å². The number of hydrogen-bond acceptors (Lipinski definition) is 1. The maximum absolute atomic E-state index is 13.2. The van der Waals surface area contributed by atoms with Gasteiger partial charge in [0.1, 0.15) is 5.67 Å². The minimum atomic E-state index is -0.800. The van der Waals surface area contributed by atoms with Crippen molar-refractivity contribution in [2.75, 3.05) is 0 Å². The monoisotopic (exact) mass is 226 g/mol. The number of allylic oxidation sites excluding steroid dienone is 2. The molecule has 16 heavy (non-hydrogen) atoms. The van der Waals surface area contributed by atoms with E-state index in [9.17, 15) is 9.18 Å². The Kier molecular flexibility index (Phi) is 3.04. The highest BCUT2D eigenvalue weighted by Gasteiger charge is 2.67. The van der Waals surface area contributed by atoms with E-state index >= 15 is 0 Å². The van der Waals surface area contributed by atoms with Crippen LogP contribution in [0.1, 0.15) is 51.4 Å². The van der Waals surface area contributed by atoms with Crippen LogP contribution >= 0.6 is 0 Å². The molecule has 0 unspecified atom stereocenters. The minimum Gasteiger partial charge on any atom is -0.481 e. The van der Waals surface area contributed by atoms with Gasteiger partial charge in [-0.25, -0.2) is 4.39 Å². The molecule has 3 saturated carbocycles. The molecule has 90 valence electrons. The molecule has 3 fully saturated rings. The highest BCUT2D eigenvalue weighted by Crippen LogP contribution is 2.70. The third-order valence-electron chi connectivity index (χ3n) is 3.74. The number of carboxylic acids is 1. The lowest BCUT2D eigenvalue weighted by molar-refractivity contribution is -0.182. The molecule has 3 aliphatic rings. The summed E-state index contributed by atoms with van der Waals surface area (Å²) in [6, 6.07) is 0. The van der Waals surface area contributed by atoms with Crippen molar-refractivity contribution >= 4 is 5.97 Å². The minimum absolute atomic E-state index is 0.218. The first kappa shape index (κ1) is 11.6. The SMILES string of the molecule is O=C(O)CCCCCC=CC12CC(F)(C1)C2. The Morgan fingerprint density at radius 2 is 1.94 bits per heavy atom. The maximum Gasteiger partial charge on any atom is 0.303 e. The van der Waals surface area contributed by atoms with Crippen molar-refractivity contribution in [3.8, 4) is 0 Å². The first-order valence-corrected chi connectivity index (χ1v) is 6.12. The van der Waals surface area contributed by atoms with Crippen molar-refractivity contribution < 1.29 is 14.3 Å². The molecule has 3 heteroatoms. The normalized spacial score (nSPS) is 35.8. The zero-order valence-corrected chi connectivity index (χ0v) is 9.54. The smallest absolute Gasteiger partial charge is 0.303 e. The first-order chi connectivity index (χ1) is 7.54. The Morgan fingerprint density at radius 3 is 2.50 bits per heavy atom. The number of hydrogen-bond donors (Lipinski definition) is 1. The first-order valence-electron chi connectivity index (χ1n) is 6.12. The van der Waals surface area contributed by atoms with Gasteiger partial charge in [-0.3, -0.25) is 4.79 Å². The summed E-state index contributed by atoms with van der Waals surface area (Å²) < 4.78 is 13.2.